The van der Waals surface area contributed by atoms with Gasteiger partial charge in [-0.3, -0.25) is 20.4 Å². The molecule has 0 spiro atoms. The molecule has 2 amide bonds. The maximum atomic E-state index is 13.4. The van der Waals surface area contributed by atoms with Crippen molar-refractivity contribution in [1.82, 2.24) is 21.5 Å². The molecule has 36 heavy (non-hydrogen) atoms. The smallest absolute Gasteiger partial charge is 0.252 e. The summed E-state index contributed by atoms with van der Waals surface area (Å²) in [6.07, 6.45) is 4.01. The summed E-state index contributed by atoms with van der Waals surface area (Å²) in [4.78, 5) is 26.1. The minimum absolute atomic E-state index is 0.0448. The molecule has 2 saturated heterocycles. The van der Waals surface area contributed by atoms with Gasteiger partial charge >= 0.3 is 0 Å². The van der Waals surface area contributed by atoms with Crippen molar-refractivity contribution in [2.75, 3.05) is 18.4 Å². The van der Waals surface area contributed by atoms with Crippen molar-refractivity contribution in [1.29, 1.82) is 0 Å². The summed E-state index contributed by atoms with van der Waals surface area (Å²) in [5.41, 5.74) is 10.9. The molecule has 2 aliphatic rings. The summed E-state index contributed by atoms with van der Waals surface area (Å²) >= 11 is 0. The summed E-state index contributed by atoms with van der Waals surface area (Å²) in [6, 6.07) is 18.1. The molecule has 7 heteroatoms. The van der Waals surface area contributed by atoms with Crippen LogP contribution < -0.4 is 26.8 Å². The summed E-state index contributed by atoms with van der Waals surface area (Å²) in [7, 11) is 0. The first kappa shape index (κ1) is 24.4. The van der Waals surface area contributed by atoms with Crippen LogP contribution in [-0.4, -0.2) is 30.9 Å². The van der Waals surface area contributed by atoms with E-state index in [1.54, 1.807) is 6.07 Å². The molecule has 5 rings (SSSR count). The number of piperidine rings is 1. The van der Waals surface area contributed by atoms with Crippen LogP contribution in [0.25, 0.3) is 10.8 Å². The van der Waals surface area contributed by atoms with Gasteiger partial charge in [-0.25, -0.2) is 0 Å². The fraction of sp³-hybridized carbons (Fsp3) is 0.379. The van der Waals surface area contributed by atoms with E-state index in [1.807, 2.05) is 38.1 Å². The van der Waals surface area contributed by atoms with Gasteiger partial charge in [0.25, 0.3) is 5.91 Å². The molecular formula is C29H35N5O2. The molecule has 3 aromatic carbocycles. The molecule has 0 aromatic heterocycles. The van der Waals surface area contributed by atoms with Gasteiger partial charge in [0.05, 0.1) is 12.1 Å². The zero-order chi connectivity index (χ0) is 25.1. The Bertz CT molecular complexity index is 1260. The van der Waals surface area contributed by atoms with Gasteiger partial charge in [-0.2, -0.15) is 0 Å². The van der Waals surface area contributed by atoms with E-state index in [-0.39, 0.29) is 29.9 Å². The van der Waals surface area contributed by atoms with Crippen LogP contribution in [-0.2, 0) is 4.79 Å². The highest BCUT2D eigenvalue weighted by atomic mass is 16.2. The molecule has 0 aliphatic carbocycles. The van der Waals surface area contributed by atoms with Gasteiger partial charge in [-0.1, -0.05) is 42.8 Å². The second kappa shape index (κ2) is 10.8. The molecule has 0 radical (unpaired) electrons. The normalized spacial score (nSPS) is 20.7. The van der Waals surface area contributed by atoms with Gasteiger partial charge in [0.1, 0.15) is 0 Å². The molecule has 3 unspecified atom stereocenters. The first-order valence-electron chi connectivity index (χ1n) is 13.0. The summed E-state index contributed by atoms with van der Waals surface area (Å²) in [5.74, 6) is -0.196. The number of rotatable bonds is 6. The van der Waals surface area contributed by atoms with Gasteiger partial charge < -0.3 is 16.0 Å². The van der Waals surface area contributed by atoms with Crippen molar-refractivity contribution < 1.29 is 9.59 Å². The number of amides is 2. The minimum Gasteiger partial charge on any atom is -0.345 e. The Hall–Kier alpha value is -3.26. The Balaban J connectivity index is 1.36. The summed E-state index contributed by atoms with van der Waals surface area (Å²) in [6.45, 7) is 5.74. The Morgan fingerprint density at radius 2 is 1.86 bits per heavy atom. The minimum atomic E-state index is -0.194. The fourth-order valence-corrected chi connectivity index (χ4v) is 5.26. The van der Waals surface area contributed by atoms with Crippen LogP contribution in [0, 0.1) is 6.92 Å². The van der Waals surface area contributed by atoms with E-state index >= 15 is 0 Å². The van der Waals surface area contributed by atoms with Crippen LogP contribution >= 0.6 is 0 Å². The zero-order valence-electron chi connectivity index (χ0n) is 21.0. The largest absolute Gasteiger partial charge is 0.345 e. The Kier molecular flexibility index (Phi) is 7.32. The highest BCUT2D eigenvalue weighted by molar-refractivity contribution is 6.00. The van der Waals surface area contributed by atoms with Crippen LogP contribution in [0.5, 0.6) is 0 Å². The molecule has 5 N–H and O–H groups in total. The van der Waals surface area contributed by atoms with Crippen molar-refractivity contribution in [2.24, 2.45) is 0 Å². The van der Waals surface area contributed by atoms with Crippen LogP contribution in [0.1, 0.15) is 71.7 Å². The average molecular weight is 486 g/mol. The van der Waals surface area contributed by atoms with Gasteiger partial charge in [-0.05, 0) is 85.3 Å². The van der Waals surface area contributed by atoms with E-state index < -0.39 is 0 Å². The quantitative estimate of drug-likeness (QED) is 0.360. The molecule has 7 nitrogen and oxygen atoms in total. The van der Waals surface area contributed by atoms with E-state index in [9.17, 15) is 9.59 Å². The van der Waals surface area contributed by atoms with Crippen molar-refractivity contribution in [3.05, 3.63) is 76.9 Å². The summed E-state index contributed by atoms with van der Waals surface area (Å²) < 4.78 is 0. The number of carbonyl (C=O) groups excluding carboxylic acids is 2. The molecule has 0 saturated carbocycles. The number of nitrogens with one attached hydrogen (secondary N) is 5. The van der Waals surface area contributed by atoms with E-state index in [2.05, 4.69) is 51.1 Å². The van der Waals surface area contributed by atoms with Gasteiger partial charge in [-0.15, -0.1) is 0 Å². The topological polar surface area (TPSA) is 94.3 Å². The second-order valence-electron chi connectivity index (χ2n) is 9.96. The molecule has 3 atom stereocenters. The third-order valence-corrected chi connectivity index (χ3v) is 7.34. The number of hydrazine groups is 1. The van der Waals surface area contributed by atoms with Crippen LogP contribution in [0.4, 0.5) is 5.69 Å². The highest BCUT2D eigenvalue weighted by Crippen LogP contribution is 2.31. The number of hydrogen-bond donors (Lipinski definition) is 5. The molecule has 3 aromatic rings. The van der Waals surface area contributed by atoms with Gasteiger partial charge in [0.2, 0.25) is 5.91 Å². The first-order valence-corrected chi connectivity index (χ1v) is 13.0. The lowest BCUT2D eigenvalue weighted by Gasteiger charge is -2.23. The van der Waals surface area contributed by atoms with E-state index in [0.29, 0.717) is 11.3 Å². The molecule has 188 valence electrons. The molecular weight excluding hydrogens is 450 g/mol. The van der Waals surface area contributed by atoms with E-state index in [1.165, 1.54) is 5.56 Å². The lowest BCUT2D eigenvalue weighted by molar-refractivity contribution is -0.118. The van der Waals surface area contributed by atoms with Crippen molar-refractivity contribution in [2.45, 2.75) is 57.7 Å². The Morgan fingerprint density at radius 3 is 2.64 bits per heavy atom. The monoisotopic (exact) mass is 485 g/mol. The van der Waals surface area contributed by atoms with E-state index in [0.717, 1.165) is 60.7 Å². The van der Waals surface area contributed by atoms with Crippen molar-refractivity contribution >= 4 is 28.3 Å². The summed E-state index contributed by atoms with van der Waals surface area (Å²) in [5, 5.41) is 11.8. The van der Waals surface area contributed by atoms with Gasteiger partial charge in [0.15, 0.2) is 0 Å². The van der Waals surface area contributed by atoms with Crippen LogP contribution in [0.2, 0.25) is 0 Å². The van der Waals surface area contributed by atoms with Crippen LogP contribution in [0.15, 0.2) is 54.6 Å². The van der Waals surface area contributed by atoms with Crippen LogP contribution in [0.3, 0.4) is 0 Å². The molecule has 2 heterocycles. The number of anilines is 1. The average Bonchev–Trinajstić information content (AvgIpc) is 3.45. The predicted octanol–water partition coefficient (Wildman–Crippen LogP) is 4.26. The number of aryl methyl sites for hydroxylation is 1. The number of fused-ring (bicyclic) bond motifs is 1. The third-order valence-electron chi connectivity index (χ3n) is 7.34. The Morgan fingerprint density at radius 1 is 1.00 bits per heavy atom. The standard InChI is InChI=1S/C29H35N5O2/c1-18-10-11-22(33-29(36)27-9-5-6-13-30-27)17-24(18)28(35)32-19(2)25-16-21(26-12-14-31-34-26)15-20-7-3-4-8-23(20)25/h3-4,7-8,10-11,15-17,19,26-27,30-31,34H,5-6,9,12-14H2,1-2H3,(H,32,35)(H,33,36). The predicted molar refractivity (Wildman–Crippen MR) is 144 cm³/mol. The third kappa shape index (κ3) is 5.28. The molecule has 0 bridgehead atoms. The fourth-order valence-electron chi connectivity index (χ4n) is 5.26. The SMILES string of the molecule is Cc1ccc(NC(=O)C2CCCCN2)cc1C(=O)NC(C)c1cc(C2CCNN2)cc2ccccc12. The van der Waals surface area contributed by atoms with E-state index in [4.69, 9.17) is 0 Å². The number of hydrogen-bond acceptors (Lipinski definition) is 5. The molecule has 2 aliphatic heterocycles. The first-order chi connectivity index (χ1) is 17.5. The van der Waals surface area contributed by atoms with Gasteiger partial charge in [0, 0.05) is 23.8 Å². The lowest BCUT2D eigenvalue weighted by Crippen LogP contribution is -2.43. The maximum Gasteiger partial charge on any atom is 0.252 e. The second-order valence-corrected chi connectivity index (χ2v) is 9.96. The number of benzene rings is 3. The zero-order valence-corrected chi connectivity index (χ0v) is 21.0. The maximum absolute atomic E-state index is 13.4. The molecule has 2 fully saturated rings. The van der Waals surface area contributed by atoms with Crippen molar-refractivity contribution in [3.8, 4) is 0 Å². The number of carbonyl (C=O) groups is 2. The Labute approximate surface area is 212 Å². The lowest BCUT2D eigenvalue weighted by atomic mass is 9.93. The highest BCUT2D eigenvalue weighted by Gasteiger charge is 2.23. The van der Waals surface area contributed by atoms with Crippen molar-refractivity contribution in [3.63, 3.8) is 0 Å².